The second-order valence-corrected chi connectivity index (χ2v) is 13.8. The fourth-order valence-corrected chi connectivity index (χ4v) is 6.44. The Bertz CT molecular complexity index is 474. The molecule has 0 N–H and O–H groups in total. The summed E-state index contributed by atoms with van der Waals surface area (Å²) in [6.07, 6.45) is 2.02. The standard InChI is InChI=1S/C17H31O3PSi/c1-6-12-17(15-22(5,7-2)8-3)20-21(4,18)19-16-13-10-9-11-14-16/h9-11,13-14,17H,6-8,12,15H2,1-5H3. The summed E-state index contributed by atoms with van der Waals surface area (Å²) in [5.74, 6) is 0.606. The first kappa shape index (κ1) is 19.5. The van der Waals surface area contributed by atoms with E-state index in [1.165, 1.54) is 12.1 Å². The van der Waals surface area contributed by atoms with Crippen LogP contribution >= 0.6 is 7.60 Å². The van der Waals surface area contributed by atoms with Crippen molar-refractivity contribution in [3.63, 3.8) is 0 Å². The van der Waals surface area contributed by atoms with Crippen LogP contribution in [0, 0.1) is 0 Å². The van der Waals surface area contributed by atoms with Gasteiger partial charge in [0.25, 0.3) is 0 Å². The third-order valence-electron chi connectivity index (χ3n) is 4.39. The van der Waals surface area contributed by atoms with Gasteiger partial charge in [0, 0.05) is 6.66 Å². The second-order valence-electron chi connectivity index (χ2n) is 6.41. The van der Waals surface area contributed by atoms with Crippen molar-refractivity contribution in [3.8, 4) is 5.75 Å². The summed E-state index contributed by atoms with van der Waals surface area (Å²) in [6, 6.07) is 12.8. The van der Waals surface area contributed by atoms with E-state index in [4.69, 9.17) is 9.05 Å². The molecule has 0 aliphatic carbocycles. The molecule has 0 bridgehead atoms. The number of hydrogen-bond donors (Lipinski definition) is 0. The van der Waals surface area contributed by atoms with Crippen LogP contribution < -0.4 is 4.52 Å². The van der Waals surface area contributed by atoms with Crippen molar-refractivity contribution in [1.82, 2.24) is 0 Å². The highest BCUT2D eigenvalue weighted by Crippen LogP contribution is 2.47. The van der Waals surface area contributed by atoms with Gasteiger partial charge in [-0.3, -0.25) is 4.52 Å². The first-order valence-corrected chi connectivity index (χ1v) is 13.5. The number of hydrogen-bond acceptors (Lipinski definition) is 3. The fourth-order valence-electron chi connectivity index (χ4n) is 2.57. The second kappa shape index (κ2) is 8.90. The molecule has 0 aliphatic heterocycles. The molecular weight excluding hydrogens is 311 g/mol. The summed E-state index contributed by atoms with van der Waals surface area (Å²) in [4.78, 5) is 0. The van der Waals surface area contributed by atoms with Gasteiger partial charge in [-0.15, -0.1) is 0 Å². The summed E-state index contributed by atoms with van der Waals surface area (Å²) in [7, 11) is -4.38. The minimum atomic E-state index is -3.09. The quantitative estimate of drug-likeness (QED) is 0.375. The molecule has 0 spiro atoms. The third-order valence-corrected chi connectivity index (χ3v) is 10.5. The Kier molecular flexibility index (Phi) is 7.88. The molecule has 1 aromatic rings. The van der Waals surface area contributed by atoms with E-state index < -0.39 is 15.7 Å². The van der Waals surface area contributed by atoms with Gasteiger partial charge in [0.1, 0.15) is 5.75 Å². The van der Waals surface area contributed by atoms with Crippen LogP contribution in [0.2, 0.25) is 24.7 Å². The molecule has 22 heavy (non-hydrogen) atoms. The lowest BCUT2D eigenvalue weighted by atomic mass is 10.2. The van der Waals surface area contributed by atoms with Crippen molar-refractivity contribution < 1.29 is 13.6 Å². The van der Waals surface area contributed by atoms with Crippen LogP contribution in [0.15, 0.2) is 30.3 Å². The molecule has 126 valence electrons. The van der Waals surface area contributed by atoms with Crippen LogP contribution in [0.25, 0.3) is 0 Å². The van der Waals surface area contributed by atoms with Crippen molar-refractivity contribution in [2.75, 3.05) is 6.66 Å². The molecule has 0 aromatic heterocycles. The van der Waals surface area contributed by atoms with Crippen LogP contribution in [-0.4, -0.2) is 20.8 Å². The van der Waals surface area contributed by atoms with Gasteiger partial charge in [-0.25, -0.2) is 4.57 Å². The largest absolute Gasteiger partial charge is 0.425 e. The summed E-state index contributed by atoms with van der Waals surface area (Å²) in [5.41, 5.74) is 0. The zero-order valence-electron chi connectivity index (χ0n) is 14.7. The Balaban J connectivity index is 2.74. The normalized spacial score (nSPS) is 16.0. The summed E-state index contributed by atoms with van der Waals surface area (Å²) in [6.45, 7) is 10.7. The molecule has 1 aromatic carbocycles. The average molecular weight is 342 g/mol. The first-order valence-electron chi connectivity index (χ1n) is 8.34. The van der Waals surface area contributed by atoms with E-state index in [1.54, 1.807) is 6.66 Å². The van der Waals surface area contributed by atoms with E-state index in [0.717, 1.165) is 18.9 Å². The SMILES string of the molecule is CCCC(C[Si](C)(CC)CC)OP(C)(=O)Oc1ccccc1. The minimum Gasteiger partial charge on any atom is -0.425 e. The lowest BCUT2D eigenvalue weighted by molar-refractivity contribution is 0.185. The third kappa shape index (κ3) is 6.68. The van der Waals surface area contributed by atoms with E-state index in [9.17, 15) is 4.57 Å². The van der Waals surface area contributed by atoms with E-state index in [0.29, 0.717) is 5.75 Å². The molecule has 0 aliphatic rings. The van der Waals surface area contributed by atoms with Crippen molar-refractivity contribution in [2.45, 2.75) is 64.4 Å². The Morgan fingerprint density at radius 3 is 2.23 bits per heavy atom. The van der Waals surface area contributed by atoms with Crippen molar-refractivity contribution in [3.05, 3.63) is 30.3 Å². The molecule has 0 saturated carbocycles. The van der Waals surface area contributed by atoms with Crippen LogP contribution in [0.3, 0.4) is 0 Å². The van der Waals surface area contributed by atoms with Gasteiger partial charge in [0.15, 0.2) is 0 Å². The number of benzene rings is 1. The van der Waals surface area contributed by atoms with Gasteiger partial charge in [0.2, 0.25) is 0 Å². The van der Waals surface area contributed by atoms with Crippen molar-refractivity contribution in [2.24, 2.45) is 0 Å². The molecule has 3 nitrogen and oxygen atoms in total. The van der Waals surface area contributed by atoms with E-state index in [2.05, 4.69) is 27.3 Å². The minimum absolute atomic E-state index is 0.0427. The average Bonchev–Trinajstić information content (AvgIpc) is 2.47. The highest BCUT2D eigenvalue weighted by atomic mass is 31.2. The molecule has 0 saturated heterocycles. The molecular formula is C17H31O3PSi. The number of rotatable bonds is 10. The molecule has 0 heterocycles. The summed E-state index contributed by atoms with van der Waals surface area (Å²) >= 11 is 0. The predicted octanol–water partition coefficient (Wildman–Crippen LogP) is 6.19. The molecule has 0 amide bonds. The first-order chi connectivity index (χ1) is 10.3. The van der Waals surface area contributed by atoms with Crippen LogP contribution in [0.5, 0.6) is 5.75 Å². The van der Waals surface area contributed by atoms with E-state index >= 15 is 0 Å². The Morgan fingerprint density at radius 2 is 1.73 bits per heavy atom. The van der Waals surface area contributed by atoms with E-state index in [-0.39, 0.29) is 6.10 Å². The van der Waals surface area contributed by atoms with Gasteiger partial charge in [-0.1, -0.05) is 64.0 Å². The number of para-hydroxylation sites is 1. The molecule has 1 rings (SSSR count). The molecule has 2 unspecified atom stereocenters. The zero-order chi connectivity index (χ0) is 16.6. The lowest BCUT2D eigenvalue weighted by Crippen LogP contribution is -2.33. The Morgan fingerprint density at radius 1 is 1.14 bits per heavy atom. The van der Waals surface area contributed by atoms with Crippen LogP contribution in [0.1, 0.15) is 33.6 Å². The maximum absolute atomic E-state index is 12.7. The highest BCUT2D eigenvalue weighted by molar-refractivity contribution is 7.53. The Hall–Kier alpha value is -0.573. The van der Waals surface area contributed by atoms with Gasteiger partial charge in [0.05, 0.1) is 14.2 Å². The van der Waals surface area contributed by atoms with Gasteiger partial charge < -0.3 is 4.52 Å². The maximum Gasteiger partial charge on any atom is 0.376 e. The summed E-state index contributed by atoms with van der Waals surface area (Å²) < 4.78 is 24.3. The molecule has 0 fully saturated rings. The lowest BCUT2D eigenvalue weighted by Gasteiger charge is -2.31. The fraction of sp³-hybridized carbons (Fsp3) is 0.647. The van der Waals surface area contributed by atoms with Crippen molar-refractivity contribution in [1.29, 1.82) is 0 Å². The van der Waals surface area contributed by atoms with E-state index in [1.807, 2.05) is 30.3 Å². The maximum atomic E-state index is 12.7. The molecule has 0 radical (unpaired) electrons. The summed E-state index contributed by atoms with van der Waals surface area (Å²) in [5, 5.41) is 0. The predicted molar refractivity (Wildman–Crippen MR) is 97.8 cm³/mol. The molecule has 5 heteroatoms. The zero-order valence-corrected chi connectivity index (χ0v) is 16.6. The monoisotopic (exact) mass is 342 g/mol. The van der Waals surface area contributed by atoms with Gasteiger partial charge in [-0.05, 0) is 24.6 Å². The van der Waals surface area contributed by atoms with Crippen molar-refractivity contribution >= 4 is 15.7 Å². The van der Waals surface area contributed by atoms with Crippen LogP contribution in [0.4, 0.5) is 0 Å². The van der Waals surface area contributed by atoms with Gasteiger partial charge >= 0.3 is 7.60 Å². The van der Waals surface area contributed by atoms with Gasteiger partial charge in [-0.2, -0.15) is 0 Å². The Labute approximate surface area is 137 Å². The topological polar surface area (TPSA) is 35.5 Å². The molecule has 2 atom stereocenters. The van der Waals surface area contributed by atoms with Crippen LogP contribution in [-0.2, 0) is 9.09 Å². The highest BCUT2D eigenvalue weighted by Gasteiger charge is 2.31. The smallest absolute Gasteiger partial charge is 0.376 e.